The Balaban J connectivity index is 1.72. The number of anilines is 1. The van der Waals surface area contributed by atoms with Crippen LogP contribution in [0.1, 0.15) is 24.1 Å². The van der Waals surface area contributed by atoms with Gasteiger partial charge in [-0.05, 0) is 42.7 Å². The summed E-state index contributed by atoms with van der Waals surface area (Å²) in [6, 6.07) is 7.59. The maximum Gasteiger partial charge on any atom is 0.227 e. The van der Waals surface area contributed by atoms with Gasteiger partial charge in [0.1, 0.15) is 0 Å². The molecule has 0 saturated carbocycles. The number of fused-ring (bicyclic) bond motifs is 1. The van der Waals surface area contributed by atoms with Gasteiger partial charge in [-0.25, -0.2) is 9.67 Å². The molecule has 122 valence electrons. The Bertz CT molecular complexity index is 879. The third kappa shape index (κ3) is 2.64. The monoisotopic (exact) mass is 359 g/mol. The van der Waals surface area contributed by atoms with Crippen molar-refractivity contribution in [1.82, 2.24) is 19.7 Å². The van der Waals surface area contributed by atoms with Gasteiger partial charge in [0.15, 0.2) is 5.82 Å². The van der Waals surface area contributed by atoms with Crippen LogP contribution in [0.5, 0.6) is 0 Å². The smallest absolute Gasteiger partial charge is 0.227 e. The van der Waals surface area contributed by atoms with Crippen molar-refractivity contribution in [3.63, 3.8) is 0 Å². The van der Waals surface area contributed by atoms with Gasteiger partial charge in [0.2, 0.25) is 5.95 Å². The maximum atomic E-state index is 6.35. The minimum absolute atomic E-state index is 0.0952. The van der Waals surface area contributed by atoms with E-state index >= 15 is 0 Å². The van der Waals surface area contributed by atoms with Crippen LogP contribution in [0.2, 0.25) is 10.0 Å². The molecule has 2 aromatic heterocycles. The second kappa shape index (κ2) is 6.07. The normalized spacial score (nSPS) is 17.0. The molecule has 1 aliphatic rings. The molecule has 1 aromatic carbocycles. The Morgan fingerprint density at radius 3 is 2.88 bits per heavy atom. The van der Waals surface area contributed by atoms with Crippen molar-refractivity contribution in [3.05, 3.63) is 64.0 Å². The SMILES string of the molecule is C[C@@H]1c2cc(Cl)cc(Cl)c2CCN1c1nccc(-n2cccn2)n1. The van der Waals surface area contributed by atoms with Crippen molar-refractivity contribution in [2.24, 2.45) is 0 Å². The van der Waals surface area contributed by atoms with Gasteiger partial charge in [0, 0.05) is 41.2 Å². The zero-order valence-corrected chi connectivity index (χ0v) is 14.5. The van der Waals surface area contributed by atoms with Crippen molar-refractivity contribution >= 4 is 29.2 Å². The van der Waals surface area contributed by atoms with E-state index in [-0.39, 0.29) is 6.04 Å². The quantitative estimate of drug-likeness (QED) is 0.691. The summed E-state index contributed by atoms with van der Waals surface area (Å²) < 4.78 is 1.72. The van der Waals surface area contributed by atoms with Gasteiger partial charge in [-0.3, -0.25) is 0 Å². The molecule has 3 aromatic rings. The number of benzene rings is 1. The van der Waals surface area contributed by atoms with Gasteiger partial charge in [0.05, 0.1) is 6.04 Å². The molecule has 1 atom stereocenters. The highest BCUT2D eigenvalue weighted by Gasteiger charge is 2.27. The van der Waals surface area contributed by atoms with E-state index in [0.717, 1.165) is 34.9 Å². The molecule has 3 heterocycles. The van der Waals surface area contributed by atoms with Crippen LogP contribution < -0.4 is 4.90 Å². The lowest BCUT2D eigenvalue weighted by Crippen LogP contribution is -2.35. The molecule has 0 aliphatic carbocycles. The highest BCUT2D eigenvalue weighted by molar-refractivity contribution is 6.35. The third-order valence-corrected chi connectivity index (χ3v) is 4.89. The van der Waals surface area contributed by atoms with Gasteiger partial charge in [0.25, 0.3) is 0 Å². The van der Waals surface area contributed by atoms with Crippen LogP contribution in [0.3, 0.4) is 0 Å². The minimum Gasteiger partial charge on any atom is -0.334 e. The van der Waals surface area contributed by atoms with E-state index in [1.165, 1.54) is 0 Å². The lowest BCUT2D eigenvalue weighted by atomic mass is 9.94. The summed E-state index contributed by atoms with van der Waals surface area (Å²) in [5.41, 5.74) is 2.29. The lowest BCUT2D eigenvalue weighted by molar-refractivity contribution is 0.606. The Morgan fingerprint density at radius 1 is 1.21 bits per heavy atom. The topological polar surface area (TPSA) is 46.8 Å². The van der Waals surface area contributed by atoms with E-state index in [1.807, 2.05) is 24.4 Å². The van der Waals surface area contributed by atoms with Crippen LogP contribution >= 0.6 is 23.2 Å². The number of aromatic nitrogens is 4. The Morgan fingerprint density at radius 2 is 2.08 bits per heavy atom. The number of rotatable bonds is 2. The predicted molar refractivity (Wildman–Crippen MR) is 95.1 cm³/mol. The molecule has 7 heteroatoms. The summed E-state index contributed by atoms with van der Waals surface area (Å²) in [6.45, 7) is 2.92. The number of hydrogen-bond donors (Lipinski definition) is 0. The minimum atomic E-state index is 0.0952. The van der Waals surface area contributed by atoms with E-state index in [0.29, 0.717) is 11.0 Å². The maximum absolute atomic E-state index is 6.35. The molecule has 1 aliphatic heterocycles. The van der Waals surface area contributed by atoms with Gasteiger partial charge in [-0.2, -0.15) is 10.1 Å². The molecular weight excluding hydrogens is 345 g/mol. The lowest BCUT2D eigenvalue weighted by Gasteiger charge is -2.35. The van der Waals surface area contributed by atoms with E-state index in [4.69, 9.17) is 23.2 Å². The second-order valence-corrected chi connectivity index (χ2v) is 6.58. The van der Waals surface area contributed by atoms with Crippen LogP contribution in [0.25, 0.3) is 5.82 Å². The first-order valence-corrected chi connectivity index (χ1v) is 8.46. The number of hydrogen-bond acceptors (Lipinski definition) is 4. The highest BCUT2D eigenvalue weighted by atomic mass is 35.5. The zero-order chi connectivity index (χ0) is 16.7. The molecule has 0 bridgehead atoms. The fourth-order valence-electron chi connectivity index (χ4n) is 3.14. The molecular formula is C17H15Cl2N5. The van der Waals surface area contributed by atoms with Crippen LogP contribution in [0, 0.1) is 0 Å². The summed E-state index contributed by atoms with van der Waals surface area (Å²) in [5.74, 6) is 1.42. The molecule has 0 unspecified atom stereocenters. The summed E-state index contributed by atoms with van der Waals surface area (Å²) in [7, 11) is 0. The summed E-state index contributed by atoms with van der Waals surface area (Å²) in [6.07, 6.45) is 6.18. The van der Waals surface area contributed by atoms with Gasteiger partial charge in [-0.1, -0.05) is 23.2 Å². The first-order chi connectivity index (χ1) is 11.6. The molecule has 0 amide bonds. The highest BCUT2D eigenvalue weighted by Crippen LogP contribution is 2.37. The van der Waals surface area contributed by atoms with Crippen molar-refractivity contribution in [3.8, 4) is 5.82 Å². The summed E-state index contributed by atoms with van der Waals surface area (Å²) in [4.78, 5) is 11.3. The van der Waals surface area contributed by atoms with Crippen molar-refractivity contribution in [1.29, 1.82) is 0 Å². The van der Waals surface area contributed by atoms with Crippen LogP contribution in [0.15, 0.2) is 42.9 Å². The molecule has 0 saturated heterocycles. The fraction of sp³-hybridized carbons (Fsp3) is 0.235. The molecule has 5 nitrogen and oxygen atoms in total. The standard InChI is InChI=1S/C17H15Cl2N5/c1-11-14-9-12(18)10-15(19)13(14)4-8-23(11)17-20-6-3-16(22-17)24-7-2-5-21-24/h2-3,5-7,9-11H,4,8H2,1H3/t11-/m1/s1. The van der Waals surface area contributed by atoms with Gasteiger partial charge < -0.3 is 4.90 Å². The first-order valence-electron chi connectivity index (χ1n) is 7.71. The molecule has 0 N–H and O–H groups in total. The van der Waals surface area contributed by atoms with E-state index < -0.39 is 0 Å². The van der Waals surface area contributed by atoms with Gasteiger partial charge in [-0.15, -0.1) is 0 Å². The summed E-state index contributed by atoms with van der Waals surface area (Å²) >= 11 is 12.5. The zero-order valence-electron chi connectivity index (χ0n) is 13.0. The summed E-state index contributed by atoms with van der Waals surface area (Å²) in [5, 5.41) is 5.61. The van der Waals surface area contributed by atoms with Crippen molar-refractivity contribution < 1.29 is 0 Å². The van der Waals surface area contributed by atoms with Crippen LogP contribution in [-0.2, 0) is 6.42 Å². The average molecular weight is 360 g/mol. The van der Waals surface area contributed by atoms with Gasteiger partial charge >= 0.3 is 0 Å². The van der Waals surface area contributed by atoms with Crippen molar-refractivity contribution in [2.75, 3.05) is 11.4 Å². The van der Waals surface area contributed by atoms with Crippen LogP contribution in [0.4, 0.5) is 5.95 Å². The van der Waals surface area contributed by atoms with Crippen molar-refractivity contribution in [2.45, 2.75) is 19.4 Å². The largest absolute Gasteiger partial charge is 0.334 e. The number of halogens is 2. The average Bonchev–Trinajstić information content (AvgIpc) is 3.10. The Labute approximate surface area is 149 Å². The van der Waals surface area contributed by atoms with E-state index in [1.54, 1.807) is 23.1 Å². The molecule has 0 fully saturated rings. The first kappa shape index (κ1) is 15.4. The van der Waals surface area contributed by atoms with E-state index in [2.05, 4.69) is 26.9 Å². The molecule has 4 rings (SSSR count). The molecule has 0 spiro atoms. The Kier molecular flexibility index (Phi) is 3.90. The fourth-order valence-corrected chi connectivity index (χ4v) is 3.74. The predicted octanol–water partition coefficient (Wildman–Crippen LogP) is 4.09. The third-order valence-electron chi connectivity index (χ3n) is 4.34. The van der Waals surface area contributed by atoms with Crippen LogP contribution in [-0.4, -0.2) is 26.3 Å². The van der Waals surface area contributed by atoms with E-state index in [9.17, 15) is 0 Å². The second-order valence-electron chi connectivity index (χ2n) is 5.74. The molecule has 0 radical (unpaired) electrons. The Hall–Kier alpha value is -2.11. The molecule has 24 heavy (non-hydrogen) atoms. The number of nitrogens with zero attached hydrogens (tertiary/aromatic N) is 5.